The number of carbonyl (C=O) groups is 1. The van der Waals surface area contributed by atoms with Crippen LogP contribution in [-0.4, -0.2) is 13.1 Å². The molecule has 3 heteroatoms. The zero-order valence-corrected chi connectivity index (χ0v) is 8.32. The highest BCUT2D eigenvalue weighted by Gasteiger charge is 2.07. The van der Waals surface area contributed by atoms with Crippen molar-refractivity contribution in [1.82, 2.24) is 0 Å². The van der Waals surface area contributed by atoms with Crippen LogP contribution in [0.15, 0.2) is 41.0 Å². The van der Waals surface area contributed by atoms with Crippen molar-refractivity contribution in [2.75, 3.05) is 7.11 Å². The minimum absolute atomic E-state index is 0.229. The number of furan rings is 1. The van der Waals surface area contributed by atoms with Crippen molar-refractivity contribution in [3.8, 4) is 11.8 Å². The summed E-state index contributed by atoms with van der Waals surface area (Å²) in [6.07, 6.45) is 4.43. The molecule has 0 aliphatic heterocycles. The molecule has 1 aromatic rings. The van der Waals surface area contributed by atoms with Gasteiger partial charge in [0.25, 0.3) is 0 Å². The Balaban J connectivity index is 3.00. The van der Waals surface area contributed by atoms with E-state index in [0.717, 1.165) is 0 Å². The van der Waals surface area contributed by atoms with Crippen LogP contribution in [0.3, 0.4) is 0 Å². The third-order valence-corrected chi connectivity index (χ3v) is 1.54. The van der Waals surface area contributed by atoms with Gasteiger partial charge in [-0.25, -0.2) is 4.79 Å². The van der Waals surface area contributed by atoms with E-state index < -0.39 is 5.97 Å². The van der Waals surface area contributed by atoms with Crippen LogP contribution in [0.25, 0.3) is 6.08 Å². The number of hydrogen-bond acceptors (Lipinski definition) is 3. The number of esters is 1. The van der Waals surface area contributed by atoms with Crippen molar-refractivity contribution >= 4 is 12.0 Å². The van der Waals surface area contributed by atoms with Gasteiger partial charge in [-0.2, -0.15) is 0 Å². The van der Waals surface area contributed by atoms with Crippen molar-refractivity contribution in [3.05, 3.63) is 42.4 Å². The average molecular weight is 202 g/mol. The van der Waals surface area contributed by atoms with E-state index in [2.05, 4.69) is 23.2 Å². The molecule has 0 fully saturated rings. The fourth-order valence-electron chi connectivity index (χ4n) is 0.900. The van der Waals surface area contributed by atoms with Crippen LogP contribution in [0.5, 0.6) is 0 Å². The largest absolute Gasteiger partial charge is 0.465 e. The molecule has 0 radical (unpaired) electrons. The van der Waals surface area contributed by atoms with Crippen LogP contribution in [-0.2, 0) is 9.53 Å². The number of allylic oxidation sites excluding steroid dienone is 1. The maximum Gasteiger partial charge on any atom is 0.346 e. The van der Waals surface area contributed by atoms with Gasteiger partial charge in [-0.15, -0.1) is 0 Å². The van der Waals surface area contributed by atoms with Gasteiger partial charge >= 0.3 is 5.97 Å². The first-order valence-corrected chi connectivity index (χ1v) is 4.24. The molecular weight excluding hydrogens is 192 g/mol. The monoisotopic (exact) mass is 202 g/mol. The summed E-state index contributed by atoms with van der Waals surface area (Å²) in [7, 11) is 1.30. The third-order valence-electron chi connectivity index (χ3n) is 1.54. The van der Waals surface area contributed by atoms with E-state index in [1.54, 1.807) is 12.1 Å². The molecule has 76 valence electrons. The number of rotatable bonds is 2. The lowest BCUT2D eigenvalue weighted by molar-refractivity contribution is -0.135. The molecule has 0 N–H and O–H groups in total. The number of ether oxygens (including phenoxy) is 1. The van der Waals surface area contributed by atoms with Crippen LogP contribution >= 0.6 is 0 Å². The number of methoxy groups -OCH3 is 1. The Kier molecular flexibility index (Phi) is 3.99. The number of carbonyl (C=O) groups excluding carboxylic acids is 1. The SMILES string of the molecule is C=CC#C/C(=C\c1ccco1)C(=O)OC. The molecule has 15 heavy (non-hydrogen) atoms. The zero-order chi connectivity index (χ0) is 11.1. The van der Waals surface area contributed by atoms with Crippen LogP contribution in [0.4, 0.5) is 0 Å². The Morgan fingerprint density at radius 1 is 1.67 bits per heavy atom. The molecule has 0 saturated heterocycles. The fraction of sp³-hybridized carbons (Fsp3) is 0.0833. The third kappa shape index (κ3) is 3.20. The van der Waals surface area contributed by atoms with E-state index in [1.165, 1.54) is 25.5 Å². The Morgan fingerprint density at radius 3 is 3.00 bits per heavy atom. The molecule has 1 heterocycles. The summed E-state index contributed by atoms with van der Waals surface area (Å²) >= 11 is 0. The van der Waals surface area contributed by atoms with Gasteiger partial charge in [0.15, 0.2) is 0 Å². The molecule has 0 atom stereocenters. The first kappa shape index (κ1) is 10.9. The van der Waals surface area contributed by atoms with E-state index in [-0.39, 0.29) is 5.57 Å². The van der Waals surface area contributed by atoms with Crippen molar-refractivity contribution < 1.29 is 13.9 Å². The van der Waals surface area contributed by atoms with Crippen LogP contribution in [0.2, 0.25) is 0 Å². The quantitative estimate of drug-likeness (QED) is 0.418. The smallest absolute Gasteiger partial charge is 0.346 e. The number of hydrogen-bond donors (Lipinski definition) is 0. The summed E-state index contributed by atoms with van der Waals surface area (Å²) in [5.41, 5.74) is 0.229. The summed E-state index contributed by atoms with van der Waals surface area (Å²) in [5, 5.41) is 0. The predicted octanol–water partition coefficient (Wildman–Crippen LogP) is 2.03. The van der Waals surface area contributed by atoms with E-state index in [9.17, 15) is 4.79 Å². The molecule has 0 unspecified atom stereocenters. The van der Waals surface area contributed by atoms with E-state index in [0.29, 0.717) is 5.76 Å². The highest BCUT2D eigenvalue weighted by Crippen LogP contribution is 2.07. The summed E-state index contributed by atoms with van der Waals surface area (Å²) < 4.78 is 9.63. The molecule has 0 bridgehead atoms. The van der Waals surface area contributed by atoms with Gasteiger partial charge in [0.2, 0.25) is 0 Å². The molecule has 3 nitrogen and oxygen atoms in total. The van der Waals surface area contributed by atoms with Crippen LogP contribution < -0.4 is 0 Å². The topological polar surface area (TPSA) is 39.4 Å². The van der Waals surface area contributed by atoms with Crippen molar-refractivity contribution in [2.45, 2.75) is 0 Å². The average Bonchev–Trinajstić information content (AvgIpc) is 2.75. The van der Waals surface area contributed by atoms with Gasteiger partial charge in [-0.05, 0) is 18.2 Å². The predicted molar refractivity (Wildman–Crippen MR) is 56.7 cm³/mol. The van der Waals surface area contributed by atoms with Gasteiger partial charge in [-0.3, -0.25) is 0 Å². The van der Waals surface area contributed by atoms with E-state index >= 15 is 0 Å². The molecule has 0 aliphatic carbocycles. The molecule has 0 saturated carbocycles. The van der Waals surface area contributed by atoms with E-state index in [4.69, 9.17) is 4.42 Å². The molecule has 0 aromatic carbocycles. The Bertz CT molecular complexity index is 427. The minimum atomic E-state index is -0.499. The lowest BCUT2D eigenvalue weighted by Gasteiger charge is -1.95. The van der Waals surface area contributed by atoms with Crippen molar-refractivity contribution in [1.29, 1.82) is 0 Å². The highest BCUT2D eigenvalue weighted by atomic mass is 16.5. The second-order valence-electron chi connectivity index (χ2n) is 2.54. The highest BCUT2D eigenvalue weighted by molar-refractivity contribution is 5.98. The lowest BCUT2D eigenvalue weighted by Crippen LogP contribution is -2.02. The Labute approximate surface area is 88.0 Å². The normalized spacial score (nSPS) is 10.1. The summed E-state index contributed by atoms with van der Waals surface area (Å²) in [6, 6.07) is 3.44. The van der Waals surface area contributed by atoms with Crippen LogP contribution in [0.1, 0.15) is 5.76 Å². The summed E-state index contributed by atoms with van der Waals surface area (Å²) in [5.74, 6) is 5.25. The summed E-state index contributed by atoms with van der Waals surface area (Å²) in [4.78, 5) is 11.3. The first-order chi connectivity index (χ1) is 7.27. The van der Waals surface area contributed by atoms with Crippen molar-refractivity contribution in [2.24, 2.45) is 0 Å². The maximum absolute atomic E-state index is 11.3. The summed E-state index contributed by atoms with van der Waals surface area (Å²) in [6.45, 7) is 3.44. The van der Waals surface area contributed by atoms with Gasteiger partial charge in [-0.1, -0.05) is 18.4 Å². The molecule has 1 rings (SSSR count). The lowest BCUT2D eigenvalue weighted by atomic mass is 10.2. The Morgan fingerprint density at radius 2 is 2.47 bits per heavy atom. The van der Waals surface area contributed by atoms with Gasteiger partial charge < -0.3 is 9.15 Å². The minimum Gasteiger partial charge on any atom is -0.465 e. The van der Waals surface area contributed by atoms with E-state index in [1.807, 2.05) is 0 Å². The van der Waals surface area contributed by atoms with Gasteiger partial charge in [0, 0.05) is 6.08 Å². The van der Waals surface area contributed by atoms with Crippen LogP contribution in [0, 0.1) is 11.8 Å². The van der Waals surface area contributed by atoms with Gasteiger partial charge in [0.05, 0.1) is 13.4 Å². The second-order valence-corrected chi connectivity index (χ2v) is 2.54. The van der Waals surface area contributed by atoms with Crippen molar-refractivity contribution in [3.63, 3.8) is 0 Å². The maximum atomic E-state index is 11.3. The molecular formula is C12H10O3. The Hall–Kier alpha value is -2.21. The molecule has 1 aromatic heterocycles. The first-order valence-electron chi connectivity index (χ1n) is 4.24. The molecule has 0 aliphatic rings. The molecule has 0 amide bonds. The zero-order valence-electron chi connectivity index (χ0n) is 8.32. The standard InChI is InChI=1S/C12H10O3/c1-3-4-6-10(12(13)14-2)9-11-7-5-8-15-11/h3,5,7-9H,1H2,2H3/b10-9+. The second kappa shape index (κ2) is 5.51. The molecule has 0 spiro atoms. The fourth-order valence-corrected chi connectivity index (χ4v) is 0.900. The van der Waals surface area contributed by atoms with Gasteiger partial charge in [0.1, 0.15) is 11.3 Å².